The highest BCUT2D eigenvalue weighted by molar-refractivity contribution is 5.33. The number of likely N-dealkylation sites (tertiary alicyclic amines) is 1. The van der Waals surface area contributed by atoms with Crippen LogP contribution in [0.2, 0.25) is 0 Å². The van der Waals surface area contributed by atoms with Crippen LogP contribution in [-0.4, -0.2) is 38.2 Å². The first-order valence-electron chi connectivity index (χ1n) is 7.20. The minimum absolute atomic E-state index is 0.0867. The van der Waals surface area contributed by atoms with E-state index in [1.807, 2.05) is 0 Å². The van der Waals surface area contributed by atoms with Gasteiger partial charge in [-0.25, -0.2) is 0 Å². The molecule has 1 fully saturated rings. The van der Waals surface area contributed by atoms with Gasteiger partial charge in [-0.1, -0.05) is 12.1 Å². The second kappa shape index (κ2) is 5.93. The van der Waals surface area contributed by atoms with Crippen LogP contribution in [-0.2, 0) is 5.54 Å². The Morgan fingerprint density at radius 2 is 1.95 bits per heavy atom. The lowest BCUT2D eigenvalue weighted by Crippen LogP contribution is -2.52. The van der Waals surface area contributed by atoms with Crippen molar-refractivity contribution in [1.82, 2.24) is 10.2 Å². The molecule has 106 valence electrons. The van der Waals surface area contributed by atoms with E-state index in [1.165, 1.54) is 24.9 Å². The van der Waals surface area contributed by atoms with Gasteiger partial charge in [-0.05, 0) is 65.0 Å². The molecule has 3 heteroatoms. The van der Waals surface area contributed by atoms with Crippen molar-refractivity contribution in [2.75, 3.05) is 27.2 Å². The van der Waals surface area contributed by atoms with E-state index in [-0.39, 0.29) is 11.6 Å². The Bertz CT molecular complexity index is 402. The van der Waals surface area contributed by atoms with Crippen molar-refractivity contribution in [3.05, 3.63) is 29.8 Å². The van der Waals surface area contributed by atoms with Crippen LogP contribution in [0, 0.1) is 0 Å². The molecular weight excluding hydrogens is 236 g/mol. The summed E-state index contributed by atoms with van der Waals surface area (Å²) in [5.74, 6) is 0.953. The van der Waals surface area contributed by atoms with Crippen LogP contribution >= 0.6 is 0 Å². The third kappa shape index (κ3) is 3.28. The lowest BCUT2D eigenvalue weighted by atomic mass is 9.82. The van der Waals surface area contributed by atoms with Crippen LogP contribution in [0.1, 0.15) is 32.3 Å². The molecule has 1 aliphatic heterocycles. The first kappa shape index (κ1) is 14.4. The maximum Gasteiger partial charge on any atom is 0.119 e. The van der Waals surface area contributed by atoms with E-state index >= 15 is 0 Å². The fourth-order valence-electron chi connectivity index (χ4n) is 2.98. The molecule has 0 saturated carbocycles. The van der Waals surface area contributed by atoms with E-state index in [2.05, 4.69) is 62.4 Å². The first-order valence-corrected chi connectivity index (χ1v) is 7.20. The highest BCUT2D eigenvalue weighted by Crippen LogP contribution is 2.31. The maximum absolute atomic E-state index is 5.71. The molecule has 0 aromatic heterocycles. The lowest BCUT2D eigenvalue weighted by molar-refractivity contribution is 0.151. The lowest BCUT2D eigenvalue weighted by Gasteiger charge is -2.42. The molecule has 3 nitrogen and oxygen atoms in total. The number of ether oxygens (including phenoxy) is 1. The minimum atomic E-state index is 0.0867. The minimum Gasteiger partial charge on any atom is -0.491 e. The number of rotatable bonds is 4. The standard InChI is InChI=1S/C16H26N2O/c1-13(2)19-15-8-6-14(7-9-15)16(17-3)10-5-11-18(4)12-16/h6-9,13,17H,5,10-12H2,1-4H3. The van der Waals surface area contributed by atoms with Gasteiger partial charge in [0.25, 0.3) is 0 Å². The molecule has 0 spiro atoms. The molecule has 1 heterocycles. The predicted molar refractivity (Wildman–Crippen MR) is 79.7 cm³/mol. The highest BCUT2D eigenvalue weighted by Gasteiger charge is 2.34. The van der Waals surface area contributed by atoms with Crippen LogP contribution in [0.25, 0.3) is 0 Å². The molecule has 19 heavy (non-hydrogen) atoms. The average molecular weight is 262 g/mol. The molecule has 0 amide bonds. The maximum atomic E-state index is 5.71. The van der Waals surface area contributed by atoms with E-state index in [9.17, 15) is 0 Å². The van der Waals surface area contributed by atoms with E-state index in [4.69, 9.17) is 4.74 Å². The molecule has 1 aromatic rings. The number of hydrogen-bond acceptors (Lipinski definition) is 3. The van der Waals surface area contributed by atoms with Crippen molar-refractivity contribution in [3.63, 3.8) is 0 Å². The van der Waals surface area contributed by atoms with Gasteiger partial charge in [0.2, 0.25) is 0 Å². The molecular formula is C16H26N2O. The second-order valence-corrected chi connectivity index (χ2v) is 5.86. The van der Waals surface area contributed by atoms with Gasteiger partial charge in [-0.15, -0.1) is 0 Å². The van der Waals surface area contributed by atoms with Crippen molar-refractivity contribution in [2.45, 2.75) is 38.3 Å². The summed E-state index contributed by atoms with van der Waals surface area (Å²) in [4.78, 5) is 2.40. The quantitative estimate of drug-likeness (QED) is 0.902. The number of benzene rings is 1. The first-order chi connectivity index (χ1) is 9.05. The normalized spacial score (nSPS) is 24.7. The van der Waals surface area contributed by atoms with E-state index < -0.39 is 0 Å². The Labute approximate surface area is 116 Å². The van der Waals surface area contributed by atoms with Gasteiger partial charge >= 0.3 is 0 Å². The summed E-state index contributed by atoms with van der Waals surface area (Å²) >= 11 is 0. The van der Waals surface area contributed by atoms with Gasteiger partial charge < -0.3 is 15.0 Å². The van der Waals surface area contributed by atoms with Crippen molar-refractivity contribution in [3.8, 4) is 5.75 Å². The molecule has 1 aliphatic rings. The average Bonchev–Trinajstić information content (AvgIpc) is 2.38. The number of nitrogens with zero attached hydrogens (tertiary/aromatic N) is 1. The number of nitrogens with one attached hydrogen (secondary N) is 1. The highest BCUT2D eigenvalue weighted by atomic mass is 16.5. The Morgan fingerprint density at radius 3 is 2.47 bits per heavy atom. The van der Waals surface area contributed by atoms with Crippen molar-refractivity contribution < 1.29 is 4.74 Å². The summed E-state index contributed by atoms with van der Waals surface area (Å²) in [5.41, 5.74) is 1.45. The molecule has 2 rings (SSSR count). The molecule has 0 aliphatic carbocycles. The molecule has 0 bridgehead atoms. The number of likely N-dealkylation sites (N-methyl/N-ethyl adjacent to an activating group) is 2. The number of piperidine rings is 1. The largest absolute Gasteiger partial charge is 0.491 e. The Balaban J connectivity index is 2.19. The van der Waals surface area contributed by atoms with Gasteiger partial charge in [0.05, 0.1) is 11.6 Å². The fourth-order valence-corrected chi connectivity index (χ4v) is 2.98. The van der Waals surface area contributed by atoms with Crippen molar-refractivity contribution in [1.29, 1.82) is 0 Å². The Morgan fingerprint density at radius 1 is 1.26 bits per heavy atom. The Hall–Kier alpha value is -1.06. The van der Waals surface area contributed by atoms with Crippen LogP contribution in [0.5, 0.6) is 5.75 Å². The zero-order valence-corrected chi connectivity index (χ0v) is 12.6. The van der Waals surface area contributed by atoms with Crippen molar-refractivity contribution >= 4 is 0 Å². The summed E-state index contributed by atoms with van der Waals surface area (Å²) in [6, 6.07) is 8.58. The van der Waals surface area contributed by atoms with Gasteiger partial charge in [0.1, 0.15) is 5.75 Å². The number of hydrogen-bond donors (Lipinski definition) is 1. The monoisotopic (exact) mass is 262 g/mol. The third-order valence-corrected chi connectivity index (χ3v) is 3.94. The third-order valence-electron chi connectivity index (χ3n) is 3.94. The smallest absolute Gasteiger partial charge is 0.119 e. The van der Waals surface area contributed by atoms with Crippen molar-refractivity contribution in [2.24, 2.45) is 0 Å². The van der Waals surface area contributed by atoms with E-state index in [0.29, 0.717) is 0 Å². The fraction of sp³-hybridized carbons (Fsp3) is 0.625. The summed E-state index contributed by atoms with van der Waals surface area (Å²) in [6.07, 6.45) is 2.66. The van der Waals surface area contributed by atoms with E-state index in [0.717, 1.165) is 12.3 Å². The van der Waals surface area contributed by atoms with Gasteiger partial charge in [0, 0.05) is 6.54 Å². The molecule has 1 saturated heterocycles. The summed E-state index contributed by atoms with van der Waals surface area (Å²) in [6.45, 7) is 6.37. The predicted octanol–water partition coefficient (Wildman–Crippen LogP) is 2.61. The molecule has 1 N–H and O–H groups in total. The summed E-state index contributed by atoms with van der Waals surface area (Å²) in [5, 5.41) is 3.54. The molecule has 0 radical (unpaired) electrons. The SMILES string of the molecule is CNC1(c2ccc(OC(C)C)cc2)CCCN(C)C1. The molecule has 1 aromatic carbocycles. The topological polar surface area (TPSA) is 24.5 Å². The van der Waals surface area contributed by atoms with Gasteiger partial charge in [-0.2, -0.15) is 0 Å². The second-order valence-electron chi connectivity index (χ2n) is 5.86. The molecule has 1 atom stereocenters. The van der Waals surface area contributed by atoms with Crippen LogP contribution < -0.4 is 10.1 Å². The van der Waals surface area contributed by atoms with Crippen LogP contribution in [0.3, 0.4) is 0 Å². The van der Waals surface area contributed by atoms with Gasteiger partial charge in [0.15, 0.2) is 0 Å². The Kier molecular flexibility index (Phi) is 4.48. The van der Waals surface area contributed by atoms with Gasteiger partial charge in [-0.3, -0.25) is 0 Å². The zero-order chi connectivity index (χ0) is 13.9. The zero-order valence-electron chi connectivity index (χ0n) is 12.6. The summed E-state index contributed by atoms with van der Waals surface area (Å²) < 4.78 is 5.71. The van der Waals surface area contributed by atoms with Crippen LogP contribution in [0.15, 0.2) is 24.3 Å². The van der Waals surface area contributed by atoms with Crippen LogP contribution in [0.4, 0.5) is 0 Å². The summed E-state index contributed by atoms with van der Waals surface area (Å²) in [7, 11) is 4.26. The molecule has 1 unspecified atom stereocenters. The van der Waals surface area contributed by atoms with E-state index in [1.54, 1.807) is 0 Å².